The zero-order valence-electron chi connectivity index (χ0n) is 6.10. The lowest BCUT2D eigenvalue weighted by atomic mass is 9.96. The molecular formula is C8H6BClS. The Morgan fingerprint density at radius 1 is 1.36 bits per heavy atom. The van der Waals surface area contributed by atoms with E-state index in [0.717, 1.165) is 5.02 Å². The predicted octanol–water partition coefficient (Wildman–Crippen LogP) is 1.81. The van der Waals surface area contributed by atoms with E-state index in [9.17, 15) is 0 Å². The molecule has 0 fully saturated rings. The van der Waals surface area contributed by atoms with Crippen LogP contribution in [0.5, 0.6) is 0 Å². The van der Waals surface area contributed by atoms with Crippen molar-refractivity contribution in [3.63, 3.8) is 0 Å². The van der Waals surface area contributed by atoms with Gasteiger partial charge in [0.2, 0.25) is 0 Å². The van der Waals surface area contributed by atoms with Crippen molar-refractivity contribution in [2.75, 3.05) is 0 Å². The van der Waals surface area contributed by atoms with Crippen LogP contribution in [0, 0.1) is 0 Å². The molecule has 0 N–H and O–H groups in total. The average Bonchev–Trinajstić information content (AvgIpc) is 2.33. The van der Waals surface area contributed by atoms with Crippen LogP contribution >= 0.6 is 22.9 Å². The zero-order valence-corrected chi connectivity index (χ0v) is 7.67. The largest absolute Gasteiger partial charge is 0.144 e. The van der Waals surface area contributed by atoms with Gasteiger partial charge < -0.3 is 0 Å². The maximum Gasteiger partial charge on any atom is 0.141 e. The van der Waals surface area contributed by atoms with E-state index in [1.807, 2.05) is 12.1 Å². The molecule has 1 aromatic heterocycles. The third-order valence-electron chi connectivity index (χ3n) is 1.73. The van der Waals surface area contributed by atoms with E-state index in [2.05, 4.69) is 19.3 Å². The Balaban J connectivity index is 2.87. The maximum absolute atomic E-state index is 5.85. The third-order valence-corrected chi connectivity index (χ3v) is 3.05. The number of thiophene rings is 1. The molecule has 11 heavy (non-hydrogen) atoms. The number of hydrogen-bond donors (Lipinski definition) is 0. The van der Waals surface area contributed by atoms with Crippen molar-refractivity contribution in [1.82, 2.24) is 0 Å². The highest BCUT2D eigenvalue weighted by atomic mass is 35.5. The van der Waals surface area contributed by atoms with Gasteiger partial charge in [-0.2, -0.15) is 0 Å². The molecule has 3 heteroatoms. The Kier molecular flexibility index (Phi) is 1.66. The van der Waals surface area contributed by atoms with Gasteiger partial charge in [-0.25, -0.2) is 0 Å². The van der Waals surface area contributed by atoms with E-state index >= 15 is 0 Å². The van der Waals surface area contributed by atoms with E-state index in [0.29, 0.717) is 0 Å². The lowest BCUT2D eigenvalue weighted by Gasteiger charge is -1.91. The molecule has 1 aromatic carbocycles. The molecule has 0 aliphatic heterocycles. The zero-order chi connectivity index (χ0) is 7.84. The van der Waals surface area contributed by atoms with Crippen LogP contribution in [-0.4, -0.2) is 7.85 Å². The van der Waals surface area contributed by atoms with Crippen LogP contribution in [0.25, 0.3) is 10.1 Å². The normalized spacial score (nSPS) is 10.6. The van der Waals surface area contributed by atoms with Gasteiger partial charge in [0.25, 0.3) is 0 Å². The SMILES string of the molecule is Bc1csc2ccc(Cl)cc12. The van der Waals surface area contributed by atoms with E-state index < -0.39 is 0 Å². The van der Waals surface area contributed by atoms with Crippen LogP contribution in [0.2, 0.25) is 5.02 Å². The summed E-state index contributed by atoms with van der Waals surface area (Å²) < 4.78 is 1.31. The molecule has 0 aliphatic rings. The van der Waals surface area contributed by atoms with E-state index in [4.69, 9.17) is 11.6 Å². The first-order chi connectivity index (χ1) is 5.27. The molecule has 2 aromatic rings. The Bertz CT molecular complexity index is 394. The summed E-state index contributed by atoms with van der Waals surface area (Å²) in [5.74, 6) is 0. The fourth-order valence-electron chi connectivity index (χ4n) is 1.13. The Morgan fingerprint density at radius 2 is 2.18 bits per heavy atom. The summed E-state index contributed by atoms with van der Waals surface area (Å²) >= 11 is 7.62. The molecule has 0 saturated carbocycles. The van der Waals surface area contributed by atoms with E-state index in [1.54, 1.807) is 11.3 Å². The highest BCUT2D eigenvalue weighted by Gasteiger charge is 1.98. The second kappa shape index (κ2) is 2.54. The minimum absolute atomic E-state index is 0.819. The molecule has 2 rings (SSSR count). The summed E-state index contributed by atoms with van der Waals surface area (Å²) in [6.07, 6.45) is 0. The molecule has 0 radical (unpaired) electrons. The van der Waals surface area contributed by atoms with Crippen molar-refractivity contribution in [1.29, 1.82) is 0 Å². The lowest BCUT2D eigenvalue weighted by molar-refractivity contribution is 1.86. The van der Waals surface area contributed by atoms with E-state index in [-0.39, 0.29) is 0 Å². The molecule has 54 valence electrons. The van der Waals surface area contributed by atoms with Gasteiger partial charge in [0.1, 0.15) is 7.85 Å². The molecule has 0 saturated heterocycles. The third kappa shape index (κ3) is 1.17. The Hall–Kier alpha value is -0.465. The van der Waals surface area contributed by atoms with Crippen LogP contribution < -0.4 is 5.46 Å². The fourth-order valence-corrected chi connectivity index (χ4v) is 2.22. The molecule has 0 unspecified atom stereocenters. The summed E-state index contributed by atoms with van der Waals surface area (Å²) in [4.78, 5) is 0. The Morgan fingerprint density at radius 3 is 3.00 bits per heavy atom. The summed E-state index contributed by atoms with van der Waals surface area (Å²) in [5.41, 5.74) is 1.31. The van der Waals surface area contributed by atoms with E-state index in [1.165, 1.54) is 15.5 Å². The van der Waals surface area contributed by atoms with Gasteiger partial charge in [0.05, 0.1) is 0 Å². The number of fused-ring (bicyclic) bond motifs is 1. The molecule has 0 nitrogen and oxygen atoms in total. The number of rotatable bonds is 0. The van der Waals surface area contributed by atoms with Crippen molar-refractivity contribution >= 4 is 46.3 Å². The van der Waals surface area contributed by atoms with Gasteiger partial charge >= 0.3 is 0 Å². The molecular weight excluding hydrogens is 174 g/mol. The summed E-state index contributed by atoms with van der Waals surface area (Å²) in [5, 5.41) is 4.25. The quantitative estimate of drug-likeness (QED) is 0.543. The van der Waals surface area contributed by atoms with Crippen molar-refractivity contribution in [2.24, 2.45) is 0 Å². The first kappa shape index (κ1) is 7.20. The number of halogens is 1. The van der Waals surface area contributed by atoms with Gasteiger partial charge in [-0.05, 0) is 29.0 Å². The van der Waals surface area contributed by atoms with Crippen LogP contribution in [0.4, 0.5) is 0 Å². The van der Waals surface area contributed by atoms with Gasteiger partial charge in [0.15, 0.2) is 0 Å². The van der Waals surface area contributed by atoms with Crippen LogP contribution in [0.3, 0.4) is 0 Å². The smallest absolute Gasteiger partial charge is 0.141 e. The number of benzene rings is 1. The maximum atomic E-state index is 5.85. The van der Waals surface area contributed by atoms with Crippen LogP contribution in [0.1, 0.15) is 0 Å². The van der Waals surface area contributed by atoms with Gasteiger partial charge in [-0.15, -0.1) is 11.3 Å². The fraction of sp³-hybridized carbons (Fsp3) is 0. The van der Waals surface area contributed by atoms with Crippen molar-refractivity contribution in [3.05, 3.63) is 28.6 Å². The number of hydrogen-bond acceptors (Lipinski definition) is 1. The van der Waals surface area contributed by atoms with Gasteiger partial charge in [-0.1, -0.05) is 17.1 Å². The summed E-state index contributed by atoms with van der Waals surface area (Å²) in [6, 6.07) is 6.01. The summed E-state index contributed by atoms with van der Waals surface area (Å²) in [7, 11) is 2.11. The Labute approximate surface area is 75.2 Å². The van der Waals surface area contributed by atoms with Crippen molar-refractivity contribution < 1.29 is 0 Å². The minimum Gasteiger partial charge on any atom is -0.144 e. The van der Waals surface area contributed by atoms with Crippen molar-refractivity contribution in [3.8, 4) is 0 Å². The van der Waals surface area contributed by atoms with Crippen LogP contribution in [0.15, 0.2) is 23.6 Å². The first-order valence-corrected chi connectivity index (χ1v) is 4.66. The molecule has 0 aliphatic carbocycles. The summed E-state index contributed by atoms with van der Waals surface area (Å²) in [6.45, 7) is 0. The van der Waals surface area contributed by atoms with Gasteiger partial charge in [-0.3, -0.25) is 0 Å². The minimum atomic E-state index is 0.819. The second-order valence-corrected chi connectivity index (χ2v) is 3.91. The highest BCUT2D eigenvalue weighted by molar-refractivity contribution is 7.18. The molecule has 1 heterocycles. The molecule has 0 spiro atoms. The average molecular weight is 180 g/mol. The van der Waals surface area contributed by atoms with Crippen LogP contribution in [-0.2, 0) is 0 Å². The van der Waals surface area contributed by atoms with Gasteiger partial charge in [0, 0.05) is 9.72 Å². The molecule has 0 bridgehead atoms. The topological polar surface area (TPSA) is 0 Å². The highest BCUT2D eigenvalue weighted by Crippen LogP contribution is 2.21. The lowest BCUT2D eigenvalue weighted by Crippen LogP contribution is -1.96. The monoisotopic (exact) mass is 180 g/mol. The predicted molar refractivity (Wildman–Crippen MR) is 55.0 cm³/mol. The standard InChI is InChI=1S/C8H6BClS/c9-7-4-11-8-2-1-5(10)3-6(7)8/h1-4H,9H2. The molecule has 0 amide bonds. The second-order valence-electron chi connectivity index (χ2n) is 2.56. The first-order valence-electron chi connectivity index (χ1n) is 3.41. The molecule has 0 atom stereocenters. The van der Waals surface area contributed by atoms with Crippen molar-refractivity contribution in [2.45, 2.75) is 0 Å².